The number of nitrogens with one attached hydrogen (secondary N) is 1. The van der Waals surface area contributed by atoms with E-state index in [0.717, 1.165) is 0 Å². The van der Waals surface area contributed by atoms with Crippen molar-refractivity contribution in [1.29, 1.82) is 0 Å². The van der Waals surface area contributed by atoms with E-state index in [2.05, 4.69) is 5.48 Å². The molecule has 0 aromatic carbocycles. The van der Waals surface area contributed by atoms with Crippen LogP contribution >= 0.6 is 11.3 Å². The molecule has 0 spiro atoms. The van der Waals surface area contributed by atoms with Gasteiger partial charge in [-0.2, -0.15) is 16.8 Å². The van der Waals surface area contributed by atoms with Gasteiger partial charge in [-0.1, -0.05) is 0 Å². The van der Waals surface area contributed by atoms with Gasteiger partial charge in [-0.3, -0.25) is 4.84 Å². The van der Waals surface area contributed by atoms with Crippen molar-refractivity contribution in [2.75, 3.05) is 13.2 Å². The van der Waals surface area contributed by atoms with Crippen LogP contribution in [0.4, 0.5) is 0 Å². The average Bonchev–Trinajstić information content (AvgIpc) is 2.74. The van der Waals surface area contributed by atoms with Gasteiger partial charge in [-0.25, -0.2) is 4.79 Å². The van der Waals surface area contributed by atoms with Gasteiger partial charge in [0.2, 0.25) is 0 Å². The lowest BCUT2D eigenvalue weighted by atomic mass is 10.3. The summed E-state index contributed by atoms with van der Waals surface area (Å²) in [7, 11) is 0. The lowest BCUT2D eigenvalue weighted by Gasteiger charge is -2.07. The van der Waals surface area contributed by atoms with Gasteiger partial charge in [0.1, 0.15) is 12.7 Å². The maximum Gasteiger partial charge on any atom is 0.339 e. The molecule has 0 amide bonds. The Bertz CT molecular complexity index is 280. The number of hydrogen-bond donors (Lipinski definition) is 1. The normalized spacial score (nSPS) is 21.7. The fourth-order valence-electron chi connectivity index (χ4n) is 1.04. The van der Waals surface area contributed by atoms with Gasteiger partial charge in [0.25, 0.3) is 0 Å². The highest BCUT2D eigenvalue weighted by molar-refractivity contribution is 7.08. The van der Waals surface area contributed by atoms with E-state index >= 15 is 0 Å². The average molecular weight is 199 g/mol. The summed E-state index contributed by atoms with van der Waals surface area (Å²) in [4.78, 5) is 16.2. The Labute approximate surface area is 79.4 Å². The summed E-state index contributed by atoms with van der Waals surface area (Å²) in [6.45, 7) is 0.992. The standard InChI is InChI=1S/C8H9NO3S/c10-8(6-1-2-13-5-6)12-7-3-9-11-4-7/h1-2,5,7,9H,3-4H2/t7-/m0/s1. The molecule has 1 aliphatic heterocycles. The molecule has 0 aliphatic carbocycles. The number of carbonyl (C=O) groups excluding carboxylic acids is 1. The Kier molecular flexibility index (Phi) is 2.58. The van der Waals surface area contributed by atoms with Crippen LogP contribution < -0.4 is 5.48 Å². The number of hydroxylamine groups is 1. The van der Waals surface area contributed by atoms with Gasteiger partial charge < -0.3 is 4.74 Å². The molecule has 2 rings (SSSR count). The molecule has 0 bridgehead atoms. The molecule has 1 aromatic rings. The van der Waals surface area contributed by atoms with Gasteiger partial charge in [-0.15, -0.1) is 0 Å². The molecular formula is C8H9NO3S. The molecular weight excluding hydrogens is 190 g/mol. The van der Waals surface area contributed by atoms with Crippen LogP contribution in [-0.2, 0) is 9.57 Å². The molecule has 70 valence electrons. The molecule has 1 aliphatic rings. The van der Waals surface area contributed by atoms with Crippen LogP contribution in [-0.4, -0.2) is 25.2 Å². The number of esters is 1. The number of thiophene rings is 1. The minimum absolute atomic E-state index is 0.160. The summed E-state index contributed by atoms with van der Waals surface area (Å²) in [6, 6.07) is 1.75. The fraction of sp³-hybridized carbons (Fsp3) is 0.375. The maximum atomic E-state index is 11.4. The molecule has 5 heteroatoms. The zero-order chi connectivity index (χ0) is 9.10. The van der Waals surface area contributed by atoms with Crippen molar-refractivity contribution < 1.29 is 14.4 Å². The number of hydrogen-bond acceptors (Lipinski definition) is 5. The number of rotatable bonds is 2. The highest BCUT2D eigenvalue weighted by Crippen LogP contribution is 2.09. The summed E-state index contributed by atoms with van der Waals surface area (Å²) < 4.78 is 5.14. The van der Waals surface area contributed by atoms with Crippen LogP contribution in [0.25, 0.3) is 0 Å². The molecule has 1 fully saturated rings. The van der Waals surface area contributed by atoms with E-state index in [-0.39, 0.29) is 12.1 Å². The molecule has 1 aromatic heterocycles. The van der Waals surface area contributed by atoms with Gasteiger partial charge in [0, 0.05) is 5.38 Å². The molecule has 0 saturated carbocycles. The zero-order valence-electron chi connectivity index (χ0n) is 6.86. The van der Waals surface area contributed by atoms with E-state index in [0.29, 0.717) is 18.7 Å². The summed E-state index contributed by atoms with van der Waals surface area (Å²) in [5, 5.41) is 3.62. The lowest BCUT2D eigenvalue weighted by molar-refractivity contribution is 0.0255. The van der Waals surface area contributed by atoms with Crippen LogP contribution in [0.1, 0.15) is 10.4 Å². The predicted molar refractivity (Wildman–Crippen MR) is 47.5 cm³/mol. The highest BCUT2D eigenvalue weighted by atomic mass is 32.1. The molecule has 2 heterocycles. The highest BCUT2D eigenvalue weighted by Gasteiger charge is 2.20. The monoisotopic (exact) mass is 199 g/mol. The quantitative estimate of drug-likeness (QED) is 0.716. The first kappa shape index (κ1) is 8.68. The summed E-state index contributed by atoms with van der Waals surface area (Å²) in [5.74, 6) is -0.279. The smallest absolute Gasteiger partial charge is 0.339 e. The Morgan fingerprint density at radius 2 is 2.69 bits per heavy atom. The van der Waals surface area contributed by atoms with E-state index in [1.165, 1.54) is 11.3 Å². The molecule has 1 N–H and O–H groups in total. The van der Waals surface area contributed by atoms with Crippen molar-refractivity contribution in [3.63, 3.8) is 0 Å². The first-order valence-corrected chi connectivity index (χ1v) is 4.88. The number of ether oxygens (including phenoxy) is 1. The first-order chi connectivity index (χ1) is 6.36. The van der Waals surface area contributed by atoms with Crippen molar-refractivity contribution in [3.05, 3.63) is 22.4 Å². The second-order valence-corrected chi connectivity index (χ2v) is 3.48. The third-order valence-electron chi connectivity index (χ3n) is 1.71. The second kappa shape index (κ2) is 3.87. The van der Waals surface area contributed by atoms with Crippen molar-refractivity contribution in [2.24, 2.45) is 0 Å². The van der Waals surface area contributed by atoms with E-state index in [4.69, 9.17) is 9.57 Å². The zero-order valence-corrected chi connectivity index (χ0v) is 7.67. The molecule has 1 saturated heterocycles. The van der Waals surface area contributed by atoms with Gasteiger partial charge >= 0.3 is 5.97 Å². The lowest BCUT2D eigenvalue weighted by Crippen LogP contribution is -2.22. The van der Waals surface area contributed by atoms with Crippen LogP contribution in [0.2, 0.25) is 0 Å². The van der Waals surface area contributed by atoms with Crippen molar-refractivity contribution in [2.45, 2.75) is 6.10 Å². The van der Waals surface area contributed by atoms with Gasteiger partial charge in [0.05, 0.1) is 12.1 Å². The Hall–Kier alpha value is -0.910. The third kappa shape index (κ3) is 2.06. The van der Waals surface area contributed by atoms with Crippen molar-refractivity contribution >= 4 is 17.3 Å². The second-order valence-electron chi connectivity index (χ2n) is 2.70. The topological polar surface area (TPSA) is 47.6 Å². The van der Waals surface area contributed by atoms with E-state index < -0.39 is 0 Å². The van der Waals surface area contributed by atoms with Gasteiger partial charge in [0.15, 0.2) is 0 Å². The summed E-state index contributed by atoms with van der Waals surface area (Å²) in [5.41, 5.74) is 3.26. The first-order valence-electron chi connectivity index (χ1n) is 3.94. The van der Waals surface area contributed by atoms with Crippen LogP contribution in [0.15, 0.2) is 16.8 Å². The summed E-state index contributed by atoms with van der Waals surface area (Å²) in [6.07, 6.45) is -0.160. The van der Waals surface area contributed by atoms with Crippen LogP contribution in [0, 0.1) is 0 Å². The Morgan fingerprint density at radius 3 is 3.31 bits per heavy atom. The van der Waals surface area contributed by atoms with Gasteiger partial charge in [-0.05, 0) is 11.4 Å². The van der Waals surface area contributed by atoms with Crippen molar-refractivity contribution in [3.8, 4) is 0 Å². The molecule has 1 atom stereocenters. The Morgan fingerprint density at radius 1 is 1.77 bits per heavy atom. The minimum Gasteiger partial charge on any atom is -0.455 e. The molecule has 13 heavy (non-hydrogen) atoms. The molecule has 0 unspecified atom stereocenters. The minimum atomic E-state index is -0.279. The van der Waals surface area contributed by atoms with Crippen LogP contribution in [0.3, 0.4) is 0 Å². The third-order valence-corrected chi connectivity index (χ3v) is 2.40. The predicted octanol–water partition coefficient (Wildman–Crippen LogP) is 0.808. The van der Waals surface area contributed by atoms with E-state index in [1.807, 2.05) is 5.38 Å². The molecule has 0 radical (unpaired) electrons. The summed E-state index contributed by atoms with van der Waals surface area (Å²) >= 11 is 1.48. The van der Waals surface area contributed by atoms with E-state index in [9.17, 15) is 4.79 Å². The van der Waals surface area contributed by atoms with E-state index in [1.54, 1.807) is 11.4 Å². The largest absolute Gasteiger partial charge is 0.455 e. The SMILES string of the molecule is O=C(O[C@H]1CNOC1)c1ccsc1. The fourth-order valence-corrected chi connectivity index (χ4v) is 1.66. The molecule has 4 nitrogen and oxygen atoms in total. The maximum absolute atomic E-state index is 11.4. The van der Waals surface area contributed by atoms with Crippen molar-refractivity contribution in [1.82, 2.24) is 5.48 Å². The number of carbonyl (C=O) groups is 1. The Balaban J connectivity index is 1.91. The van der Waals surface area contributed by atoms with Crippen LogP contribution in [0.5, 0.6) is 0 Å².